The van der Waals surface area contributed by atoms with E-state index in [4.69, 9.17) is 9.85 Å². The largest absolute Gasteiger partial charge is 0.453 e. The molecule has 5 N–H and O–H groups in total. The molecule has 0 aromatic carbocycles. The number of nitrogens with one attached hydrogen (secondary N) is 3. The summed E-state index contributed by atoms with van der Waals surface area (Å²) in [6.45, 7) is -2.89. The van der Waals surface area contributed by atoms with Crippen LogP contribution in [0.2, 0.25) is 0 Å². The van der Waals surface area contributed by atoms with E-state index >= 15 is 0 Å². The van der Waals surface area contributed by atoms with Crippen molar-refractivity contribution in [3.05, 3.63) is 17.0 Å². The number of amides is 3. The lowest BCUT2D eigenvalue weighted by atomic mass is 9.76. The Morgan fingerprint density at radius 2 is 1.86 bits per heavy atom. The maximum absolute atomic E-state index is 13.8. The number of nitrogens with two attached hydrogens (primary N) is 1. The molecule has 18 heteroatoms. The van der Waals surface area contributed by atoms with Gasteiger partial charge in [0.05, 0.1) is 23.7 Å². The number of halogens is 5. The number of carbonyl (C=O) groups is 3. The number of anilines is 2. The van der Waals surface area contributed by atoms with Crippen molar-refractivity contribution in [2.45, 2.75) is 56.0 Å². The first kappa shape index (κ1) is 25.2. The van der Waals surface area contributed by atoms with Crippen LogP contribution in [0.4, 0.5) is 39.4 Å². The Kier molecular flexibility index (Phi) is 5.46. The second-order valence-electron chi connectivity index (χ2n) is 11.0. The summed E-state index contributed by atoms with van der Waals surface area (Å²) < 4.78 is 88.9. The topological polar surface area (TPSA) is 177 Å². The number of aromatic nitrogens is 4. The van der Waals surface area contributed by atoms with Gasteiger partial charge in [-0.1, -0.05) is 5.10 Å². The average Bonchev–Trinajstić information content (AvgIpc) is 3.89. The molecule has 0 spiro atoms. The normalized spacial score (nSPS) is 25.7. The molecule has 2 aromatic rings. The van der Waals surface area contributed by atoms with Crippen LogP contribution < -0.4 is 26.5 Å². The molecule has 0 saturated heterocycles. The molecule has 2 aromatic heterocycles. The molecule has 3 amide bonds. The molecule has 43 heavy (non-hydrogen) atoms. The lowest BCUT2D eigenvalue weighted by molar-refractivity contribution is -0.284. The van der Waals surface area contributed by atoms with Gasteiger partial charge in [0.15, 0.2) is 11.2 Å². The van der Waals surface area contributed by atoms with Crippen LogP contribution in [-0.4, -0.2) is 70.0 Å². The molecule has 2 atom stereocenters. The summed E-state index contributed by atoms with van der Waals surface area (Å²) in [6, 6.07) is 0. The predicted molar refractivity (Wildman–Crippen MR) is 140 cm³/mol. The number of hydrazine groups is 1. The van der Waals surface area contributed by atoms with Gasteiger partial charge in [0.1, 0.15) is 34.9 Å². The summed E-state index contributed by atoms with van der Waals surface area (Å²) in [6.07, 6.45) is -5.30. The highest BCUT2D eigenvalue weighted by atomic mass is 19.4. The van der Waals surface area contributed by atoms with Gasteiger partial charge in [-0.2, -0.15) is 31.5 Å². The number of quaternary nitrogens is 1. The number of fused-ring (bicyclic) bond motifs is 2. The van der Waals surface area contributed by atoms with E-state index in [1.165, 1.54) is 0 Å². The van der Waals surface area contributed by atoms with Gasteiger partial charge in [-0.05, 0) is 31.6 Å². The fourth-order valence-electron chi connectivity index (χ4n) is 5.23. The van der Waals surface area contributed by atoms with Crippen LogP contribution in [0.1, 0.15) is 53.2 Å². The minimum Gasteiger partial charge on any atom is -0.383 e. The SMILES string of the molecule is [2H]C([2H])([2H])[N+]1(C)N=Cc2c(-c3nc(N)c4c(n3)NC(=O)C4(C(=O)NNC(=O)C3CC3)C3CC3)nc(CCC(F)(F)C(F)(F)F)nc21. The highest BCUT2D eigenvalue weighted by molar-refractivity contribution is 6.22. The van der Waals surface area contributed by atoms with Gasteiger partial charge in [-0.25, -0.2) is 15.0 Å². The molecule has 2 aliphatic carbocycles. The quantitative estimate of drug-likeness (QED) is 0.158. The highest BCUT2D eigenvalue weighted by Gasteiger charge is 2.64. The summed E-state index contributed by atoms with van der Waals surface area (Å²) in [5, 5.41) is 6.50. The second-order valence-corrected chi connectivity index (χ2v) is 11.0. The smallest absolute Gasteiger partial charge is 0.383 e. The lowest BCUT2D eigenvalue weighted by Crippen LogP contribution is -2.56. The van der Waals surface area contributed by atoms with Gasteiger partial charge in [-0.3, -0.25) is 25.2 Å². The molecule has 4 heterocycles. The lowest BCUT2D eigenvalue weighted by Gasteiger charge is -2.26. The minimum atomic E-state index is -5.85. The van der Waals surface area contributed by atoms with E-state index in [1.54, 1.807) is 0 Å². The average molecular weight is 613 g/mol. The Morgan fingerprint density at radius 3 is 2.49 bits per heavy atom. The van der Waals surface area contributed by atoms with Crippen molar-refractivity contribution in [2.24, 2.45) is 16.9 Å². The summed E-state index contributed by atoms with van der Waals surface area (Å²) in [5.74, 6) is -9.81. The molecule has 4 aliphatic rings. The first-order chi connectivity index (χ1) is 21.3. The second kappa shape index (κ2) is 9.32. The molecule has 228 valence electrons. The van der Waals surface area contributed by atoms with Crippen LogP contribution in [-0.2, 0) is 26.2 Å². The Bertz CT molecular complexity index is 1710. The van der Waals surface area contributed by atoms with E-state index < -0.39 is 71.4 Å². The molecule has 2 fully saturated rings. The van der Waals surface area contributed by atoms with Gasteiger partial charge in [0.2, 0.25) is 11.8 Å². The molecule has 6 rings (SSSR count). The molecule has 0 radical (unpaired) electrons. The number of alkyl halides is 5. The van der Waals surface area contributed by atoms with Crippen LogP contribution in [0.5, 0.6) is 0 Å². The van der Waals surface area contributed by atoms with E-state index in [9.17, 15) is 36.3 Å². The Balaban J connectivity index is 1.43. The van der Waals surface area contributed by atoms with Crippen LogP contribution in [0.15, 0.2) is 5.10 Å². The first-order valence-corrected chi connectivity index (χ1v) is 13.2. The summed E-state index contributed by atoms with van der Waals surface area (Å²) in [5.41, 5.74) is 8.59. The van der Waals surface area contributed by atoms with Crippen molar-refractivity contribution in [3.63, 3.8) is 0 Å². The number of hydrogen-bond acceptors (Lipinski definition) is 9. The van der Waals surface area contributed by atoms with Gasteiger partial charge in [0.25, 0.3) is 11.7 Å². The standard InChI is InChI=1S/C25H25F5N10O3/c1-40(2)19-12(9-32-40)15(33-13(34-19)7-8-23(26,27)25(28,29)30)18-35-16(31)14-17(36-18)37-21(42)24(14,11-5-6-11)22(43)39-38-20(41)10-3-4-10/h9-11H,3-8H2,1-2H3,(H4-,31,32,33,34,35,36,37,38,39,41,42,43)/p+1/i1D3. The van der Waals surface area contributed by atoms with Gasteiger partial charge in [-0.15, -0.1) is 0 Å². The monoisotopic (exact) mass is 612 g/mol. The molecule has 13 nitrogen and oxygen atoms in total. The third kappa shape index (κ3) is 4.63. The predicted octanol–water partition coefficient (Wildman–Crippen LogP) is 1.72. The number of nitrogen functional groups attached to an aromatic ring is 1. The van der Waals surface area contributed by atoms with Crippen LogP contribution in [0.3, 0.4) is 0 Å². The van der Waals surface area contributed by atoms with Crippen LogP contribution in [0.25, 0.3) is 11.5 Å². The number of hydrogen-bond donors (Lipinski definition) is 4. The van der Waals surface area contributed by atoms with Gasteiger partial charge < -0.3 is 11.1 Å². The number of aryl methyl sites for hydroxylation is 1. The molecule has 0 bridgehead atoms. The van der Waals surface area contributed by atoms with Crippen molar-refractivity contribution in [3.8, 4) is 11.5 Å². The zero-order valence-corrected chi connectivity index (χ0v) is 22.3. The third-order valence-electron chi connectivity index (χ3n) is 7.81. The third-order valence-corrected chi connectivity index (χ3v) is 7.81. The number of carbonyl (C=O) groups excluding carboxylic acids is 3. The van der Waals surface area contributed by atoms with E-state index in [0.717, 1.165) is 13.3 Å². The number of rotatable bonds is 7. The van der Waals surface area contributed by atoms with Crippen molar-refractivity contribution in [2.75, 3.05) is 25.1 Å². The minimum absolute atomic E-state index is 0.0746. The Labute approximate surface area is 244 Å². The van der Waals surface area contributed by atoms with E-state index in [2.05, 4.69) is 41.2 Å². The molecular formula is C25H26F5N10O3+. The van der Waals surface area contributed by atoms with Crippen LogP contribution >= 0.6 is 0 Å². The fourth-order valence-corrected chi connectivity index (χ4v) is 5.23. The molecule has 2 aliphatic heterocycles. The highest BCUT2D eigenvalue weighted by Crippen LogP contribution is 2.54. The van der Waals surface area contributed by atoms with Gasteiger partial charge >= 0.3 is 12.1 Å². The summed E-state index contributed by atoms with van der Waals surface area (Å²) in [4.78, 5) is 55.8. The first-order valence-electron chi connectivity index (χ1n) is 14.7. The van der Waals surface area contributed by atoms with Crippen molar-refractivity contribution < 1.29 is 40.4 Å². The summed E-state index contributed by atoms with van der Waals surface area (Å²) >= 11 is 0. The van der Waals surface area contributed by atoms with Crippen molar-refractivity contribution in [1.82, 2.24) is 35.4 Å². The zero-order chi connectivity index (χ0) is 33.6. The summed E-state index contributed by atoms with van der Waals surface area (Å²) in [7, 11) is 1.13. The Hall–Kier alpha value is -4.35. The maximum atomic E-state index is 13.8. The van der Waals surface area contributed by atoms with Gasteiger partial charge in [0, 0.05) is 18.8 Å². The van der Waals surface area contributed by atoms with E-state index in [1.807, 2.05) is 0 Å². The molecule has 2 saturated carbocycles. The zero-order valence-electron chi connectivity index (χ0n) is 25.3. The number of nitrogens with zero attached hydrogens (tertiary/aromatic N) is 6. The molecule has 2 unspecified atom stereocenters. The van der Waals surface area contributed by atoms with Crippen molar-refractivity contribution in [1.29, 1.82) is 0 Å². The van der Waals surface area contributed by atoms with Crippen molar-refractivity contribution >= 4 is 41.4 Å². The Morgan fingerprint density at radius 1 is 1.14 bits per heavy atom. The van der Waals surface area contributed by atoms with Crippen LogP contribution in [0, 0.1) is 11.8 Å². The van der Waals surface area contributed by atoms with E-state index in [-0.39, 0.29) is 46.0 Å². The molecular weight excluding hydrogens is 583 g/mol. The van der Waals surface area contributed by atoms with E-state index in [0.29, 0.717) is 25.7 Å². The fraction of sp³-hybridized carbons (Fsp3) is 0.520. The maximum Gasteiger partial charge on any atom is 0.453 e.